The zero-order valence-corrected chi connectivity index (χ0v) is 20.2. The Morgan fingerprint density at radius 3 is 2.57 bits per heavy atom. The average molecular weight is 483 g/mol. The Morgan fingerprint density at radius 2 is 1.83 bits per heavy atom. The first-order valence-electron chi connectivity index (χ1n) is 11.5. The van der Waals surface area contributed by atoms with Gasteiger partial charge >= 0.3 is 0 Å². The molecule has 1 aliphatic rings. The number of pyridine rings is 2. The lowest BCUT2D eigenvalue weighted by atomic mass is 10.0. The van der Waals surface area contributed by atoms with Crippen molar-refractivity contribution in [2.45, 2.75) is 25.4 Å². The normalized spacial score (nSPS) is 17.3. The molecule has 1 saturated heterocycles. The van der Waals surface area contributed by atoms with E-state index in [0.717, 1.165) is 28.3 Å². The van der Waals surface area contributed by atoms with Gasteiger partial charge in [0.25, 0.3) is 0 Å². The van der Waals surface area contributed by atoms with Gasteiger partial charge in [-0.25, -0.2) is 0 Å². The van der Waals surface area contributed by atoms with Gasteiger partial charge in [0.15, 0.2) is 5.11 Å². The van der Waals surface area contributed by atoms with Crippen LogP contribution in [0.4, 0.5) is 5.69 Å². The topological polar surface area (TPSA) is 75.1 Å². The molecule has 0 bridgehead atoms. The number of nitrogens with zero attached hydrogens (tertiary/aromatic N) is 4. The number of nitrogens with one attached hydrogen (secondary N) is 2. The molecule has 0 saturated carbocycles. The van der Waals surface area contributed by atoms with Crippen LogP contribution in [0.5, 0.6) is 0 Å². The molecule has 3 aromatic heterocycles. The number of hydrogen-bond acceptors (Lipinski definition) is 4. The van der Waals surface area contributed by atoms with Crippen LogP contribution in [0.3, 0.4) is 0 Å². The second-order valence-corrected chi connectivity index (χ2v) is 8.88. The van der Waals surface area contributed by atoms with Crippen LogP contribution in [0.25, 0.3) is 5.69 Å². The van der Waals surface area contributed by atoms with Crippen molar-refractivity contribution < 1.29 is 4.79 Å². The summed E-state index contributed by atoms with van der Waals surface area (Å²) in [6, 6.07) is 21.4. The smallest absolute Gasteiger partial charge is 0.226 e. The standard InChI is InChI=1S/C27H26N6OS/c1-19-7-9-20(10-8-19)30-24(34)13-18-33-26(25(31-27(33)35)22-5-2-3-14-29-22)23-6-4-17-32(23)21-11-15-28-16-12-21/h2-12,14-17,25-26H,13,18H2,1H3,(H,30,34)(H,31,35)/t25-,26-/m0/s1. The highest BCUT2D eigenvalue weighted by Gasteiger charge is 2.41. The van der Waals surface area contributed by atoms with Crippen molar-refractivity contribution in [1.82, 2.24) is 24.8 Å². The van der Waals surface area contributed by atoms with Crippen molar-refractivity contribution in [3.8, 4) is 5.69 Å². The van der Waals surface area contributed by atoms with E-state index in [1.807, 2.05) is 73.8 Å². The van der Waals surface area contributed by atoms with Crippen molar-refractivity contribution in [3.05, 3.63) is 108 Å². The number of rotatable bonds is 7. The second kappa shape index (κ2) is 10.1. The van der Waals surface area contributed by atoms with Gasteiger partial charge in [0.05, 0.1) is 17.8 Å². The highest BCUT2D eigenvalue weighted by Crippen LogP contribution is 2.39. The monoisotopic (exact) mass is 482 g/mol. The van der Waals surface area contributed by atoms with Gasteiger partial charge in [0, 0.05) is 54.8 Å². The van der Waals surface area contributed by atoms with Gasteiger partial charge in [-0.15, -0.1) is 0 Å². The Labute approximate surface area is 209 Å². The van der Waals surface area contributed by atoms with Gasteiger partial charge in [-0.2, -0.15) is 0 Å². The Kier molecular flexibility index (Phi) is 6.54. The fourth-order valence-electron chi connectivity index (χ4n) is 4.43. The van der Waals surface area contributed by atoms with E-state index in [9.17, 15) is 4.79 Å². The minimum Gasteiger partial charge on any atom is -0.352 e. The molecule has 1 aromatic carbocycles. The molecule has 0 unspecified atom stereocenters. The second-order valence-electron chi connectivity index (χ2n) is 8.49. The molecule has 4 heterocycles. The summed E-state index contributed by atoms with van der Waals surface area (Å²) in [5, 5.41) is 7.05. The van der Waals surface area contributed by atoms with Crippen LogP contribution in [-0.4, -0.2) is 37.0 Å². The minimum absolute atomic E-state index is 0.0544. The molecule has 35 heavy (non-hydrogen) atoms. The summed E-state index contributed by atoms with van der Waals surface area (Å²) in [6.07, 6.45) is 7.68. The number of aryl methyl sites for hydroxylation is 1. The minimum atomic E-state index is -0.153. The maximum atomic E-state index is 12.8. The van der Waals surface area contributed by atoms with E-state index in [-0.39, 0.29) is 18.0 Å². The zero-order chi connectivity index (χ0) is 24.2. The van der Waals surface area contributed by atoms with Crippen molar-refractivity contribution >= 4 is 28.9 Å². The Bertz CT molecular complexity index is 1310. The highest BCUT2D eigenvalue weighted by molar-refractivity contribution is 7.80. The van der Waals surface area contributed by atoms with Gasteiger partial charge in [-0.3, -0.25) is 14.8 Å². The number of anilines is 1. The van der Waals surface area contributed by atoms with Crippen molar-refractivity contribution in [2.75, 3.05) is 11.9 Å². The lowest BCUT2D eigenvalue weighted by Gasteiger charge is -2.28. The number of amides is 1. The number of carbonyl (C=O) groups excluding carboxylic acids is 1. The summed E-state index contributed by atoms with van der Waals surface area (Å²) in [5.41, 5.74) is 4.90. The molecule has 0 radical (unpaired) electrons. The summed E-state index contributed by atoms with van der Waals surface area (Å²) in [4.78, 5) is 23.6. The lowest BCUT2D eigenvalue weighted by Crippen LogP contribution is -2.33. The van der Waals surface area contributed by atoms with Crippen LogP contribution in [0, 0.1) is 6.92 Å². The number of thiocarbonyl (C=S) groups is 1. The van der Waals surface area contributed by atoms with Crippen LogP contribution in [0.1, 0.15) is 35.5 Å². The molecule has 1 fully saturated rings. The third kappa shape index (κ3) is 4.93. The molecule has 1 aliphatic heterocycles. The number of benzene rings is 1. The average Bonchev–Trinajstić information content (AvgIpc) is 3.49. The molecule has 0 aliphatic carbocycles. The fourth-order valence-corrected chi connectivity index (χ4v) is 4.76. The van der Waals surface area contributed by atoms with E-state index in [2.05, 4.69) is 36.1 Å². The predicted molar refractivity (Wildman–Crippen MR) is 140 cm³/mol. The first-order chi connectivity index (χ1) is 17.1. The Balaban J connectivity index is 1.42. The van der Waals surface area contributed by atoms with E-state index in [4.69, 9.17) is 12.2 Å². The number of hydrogen-bond donors (Lipinski definition) is 2. The van der Waals surface area contributed by atoms with Gasteiger partial charge < -0.3 is 20.1 Å². The van der Waals surface area contributed by atoms with E-state index in [0.29, 0.717) is 18.1 Å². The van der Waals surface area contributed by atoms with Crippen LogP contribution in [0.2, 0.25) is 0 Å². The summed E-state index contributed by atoms with van der Waals surface area (Å²) in [6.45, 7) is 2.49. The SMILES string of the molecule is Cc1ccc(NC(=O)CCN2C(=S)N[C@@H](c3ccccn3)[C@@H]2c2cccn2-c2ccncc2)cc1. The largest absolute Gasteiger partial charge is 0.352 e. The Morgan fingerprint density at radius 1 is 1.03 bits per heavy atom. The summed E-state index contributed by atoms with van der Waals surface area (Å²) >= 11 is 5.76. The quantitative estimate of drug-likeness (QED) is 0.376. The predicted octanol–water partition coefficient (Wildman–Crippen LogP) is 4.58. The third-order valence-corrected chi connectivity index (χ3v) is 6.49. The van der Waals surface area contributed by atoms with Crippen LogP contribution in [-0.2, 0) is 4.79 Å². The fraction of sp³-hybridized carbons (Fsp3) is 0.185. The van der Waals surface area contributed by atoms with Gasteiger partial charge in [-0.1, -0.05) is 23.8 Å². The summed E-state index contributed by atoms with van der Waals surface area (Å²) in [5.74, 6) is -0.0544. The van der Waals surface area contributed by atoms with Gasteiger partial charge in [0.1, 0.15) is 0 Å². The van der Waals surface area contributed by atoms with E-state index < -0.39 is 0 Å². The van der Waals surface area contributed by atoms with Crippen LogP contribution >= 0.6 is 12.2 Å². The highest BCUT2D eigenvalue weighted by atomic mass is 32.1. The Hall–Kier alpha value is -4.04. The molecule has 1 amide bonds. The summed E-state index contributed by atoms with van der Waals surface area (Å²) in [7, 11) is 0. The van der Waals surface area contributed by atoms with E-state index >= 15 is 0 Å². The number of carbonyl (C=O) groups is 1. The molecular weight excluding hydrogens is 456 g/mol. The van der Waals surface area contributed by atoms with E-state index in [1.165, 1.54) is 0 Å². The maximum Gasteiger partial charge on any atom is 0.226 e. The molecule has 0 spiro atoms. The van der Waals surface area contributed by atoms with Crippen LogP contribution in [0.15, 0.2) is 91.5 Å². The van der Waals surface area contributed by atoms with Crippen molar-refractivity contribution in [2.24, 2.45) is 0 Å². The van der Waals surface area contributed by atoms with Crippen LogP contribution < -0.4 is 10.6 Å². The van der Waals surface area contributed by atoms with Crippen molar-refractivity contribution in [3.63, 3.8) is 0 Å². The first kappa shape index (κ1) is 22.7. The maximum absolute atomic E-state index is 12.8. The molecule has 4 aromatic rings. The molecule has 176 valence electrons. The molecular formula is C27H26N6OS. The molecule has 7 nitrogen and oxygen atoms in total. The number of aromatic nitrogens is 3. The van der Waals surface area contributed by atoms with E-state index in [1.54, 1.807) is 18.6 Å². The zero-order valence-electron chi connectivity index (χ0n) is 19.3. The van der Waals surface area contributed by atoms with Gasteiger partial charge in [-0.05, 0) is 67.7 Å². The molecule has 5 rings (SSSR count). The molecule has 2 atom stereocenters. The third-order valence-electron chi connectivity index (χ3n) is 6.14. The summed E-state index contributed by atoms with van der Waals surface area (Å²) < 4.78 is 2.14. The lowest BCUT2D eigenvalue weighted by molar-refractivity contribution is -0.116. The van der Waals surface area contributed by atoms with Crippen molar-refractivity contribution in [1.29, 1.82) is 0 Å². The molecule has 8 heteroatoms. The van der Waals surface area contributed by atoms with Gasteiger partial charge in [0.2, 0.25) is 5.91 Å². The first-order valence-corrected chi connectivity index (χ1v) is 11.9. The molecule has 2 N–H and O–H groups in total.